The topological polar surface area (TPSA) is 57.6 Å². The molecule has 4 nitrogen and oxygen atoms in total. The zero-order valence-corrected chi connectivity index (χ0v) is 12.9. The molecule has 0 amide bonds. The fourth-order valence-corrected chi connectivity index (χ4v) is 2.64. The highest BCUT2D eigenvalue weighted by Crippen LogP contribution is 2.21. The molecular weight excluding hydrogens is 310 g/mol. The van der Waals surface area contributed by atoms with E-state index in [0.29, 0.717) is 11.6 Å². The lowest BCUT2D eigenvalue weighted by atomic mass is 10.2. The molecule has 0 aliphatic heterocycles. The molecular formula is C15H16ClNO3S. The molecule has 112 valence electrons. The minimum Gasteiger partial charge on any atom is -0.366 e. The third-order valence-corrected chi connectivity index (χ3v) is 3.94. The van der Waals surface area contributed by atoms with E-state index in [-0.39, 0.29) is 12.3 Å². The van der Waals surface area contributed by atoms with Crippen molar-refractivity contribution in [3.8, 4) is 0 Å². The van der Waals surface area contributed by atoms with Crippen molar-refractivity contribution in [2.24, 2.45) is 0 Å². The molecule has 0 aromatic heterocycles. The van der Waals surface area contributed by atoms with Crippen LogP contribution >= 0.6 is 11.6 Å². The summed E-state index contributed by atoms with van der Waals surface area (Å²) in [5, 5.41) is 0.581. The van der Waals surface area contributed by atoms with Gasteiger partial charge in [-0.3, -0.25) is 4.55 Å². The number of rotatable bonds is 6. The Morgan fingerprint density at radius 2 is 1.76 bits per heavy atom. The van der Waals surface area contributed by atoms with Crippen LogP contribution < -0.4 is 4.90 Å². The Kier molecular flexibility index (Phi) is 5.22. The summed E-state index contributed by atoms with van der Waals surface area (Å²) in [7, 11) is -4.00. The fraction of sp³-hybridized carbons (Fsp3) is 0.200. The van der Waals surface area contributed by atoms with E-state index in [2.05, 4.69) is 0 Å². The van der Waals surface area contributed by atoms with E-state index in [1.807, 2.05) is 47.4 Å². The summed E-state index contributed by atoms with van der Waals surface area (Å²) in [5.41, 5.74) is 1.86. The molecule has 0 heterocycles. The van der Waals surface area contributed by atoms with Gasteiger partial charge in [0.25, 0.3) is 10.1 Å². The molecule has 2 aromatic carbocycles. The van der Waals surface area contributed by atoms with Gasteiger partial charge in [-0.15, -0.1) is 0 Å². The van der Waals surface area contributed by atoms with Crippen LogP contribution in [-0.4, -0.2) is 25.3 Å². The van der Waals surface area contributed by atoms with Gasteiger partial charge < -0.3 is 4.90 Å². The maximum Gasteiger partial charge on any atom is 0.266 e. The second-order valence-electron chi connectivity index (χ2n) is 4.67. The van der Waals surface area contributed by atoms with Crippen molar-refractivity contribution >= 4 is 27.4 Å². The normalized spacial score (nSPS) is 11.3. The van der Waals surface area contributed by atoms with Gasteiger partial charge in [-0.2, -0.15) is 8.42 Å². The largest absolute Gasteiger partial charge is 0.366 e. The van der Waals surface area contributed by atoms with E-state index in [9.17, 15) is 8.42 Å². The summed E-state index contributed by atoms with van der Waals surface area (Å²) in [5.74, 6) is -0.327. The third-order valence-electron chi connectivity index (χ3n) is 3.01. The van der Waals surface area contributed by atoms with Gasteiger partial charge >= 0.3 is 0 Å². The highest BCUT2D eigenvalue weighted by Gasteiger charge is 2.12. The van der Waals surface area contributed by atoms with E-state index >= 15 is 0 Å². The zero-order chi connectivity index (χ0) is 15.3. The molecule has 2 rings (SSSR count). The number of hydrogen-bond acceptors (Lipinski definition) is 3. The SMILES string of the molecule is O=S(=O)(O)CCN(Cc1ccccc1)c1cccc(Cl)c1. The summed E-state index contributed by atoms with van der Waals surface area (Å²) in [6, 6.07) is 16.9. The first-order valence-electron chi connectivity index (χ1n) is 6.44. The Morgan fingerprint density at radius 3 is 2.38 bits per heavy atom. The van der Waals surface area contributed by atoms with Crippen molar-refractivity contribution in [1.82, 2.24) is 0 Å². The zero-order valence-electron chi connectivity index (χ0n) is 11.3. The Bertz CT molecular complexity index is 689. The first-order chi connectivity index (χ1) is 9.94. The molecule has 0 unspecified atom stereocenters. The number of anilines is 1. The first kappa shape index (κ1) is 15.8. The second kappa shape index (κ2) is 6.93. The molecule has 0 radical (unpaired) electrons. The fourth-order valence-electron chi connectivity index (χ4n) is 2.00. The lowest BCUT2D eigenvalue weighted by Gasteiger charge is -2.24. The van der Waals surface area contributed by atoms with E-state index in [1.165, 1.54) is 0 Å². The van der Waals surface area contributed by atoms with Crippen LogP contribution in [0, 0.1) is 0 Å². The van der Waals surface area contributed by atoms with Crippen molar-refractivity contribution < 1.29 is 13.0 Å². The maximum absolute atomic E-state index is 11.0. The molecule has 0 aliphatic carbocycles. The minimum absolute atomic E-state index is 0.189. The molecule has 0 saturated carbocycles. The van der Waals surface area contributed by atoms with Crippen LogP contribution in [0.15, 0.2) is 54.6 Å². The highest BCUT2D eigenvalue weighted by molar-refractivity contribution is 7.85. The van der Waals surface area contributed by atoms with Crippen LogP contribution in [0.1, 0.15) is 5.56 Å². The quantitative estimate of drug-likeness (QED) is 0.828. The summed E-state index contributed by atoms with van der Waals surface area (Å²) < 4.78 is 30.9. The van der Waals surface area contributed by atoms with Crippen molar-refractivity contribution in [3.05, 3.63) is 65.2 Å². The molecule has 2 aromatic rings. The molecule has 0 spiro atoms. The van der Waals surface area contributed by atoms with Crippen LogP contribution in [0.4, 0.5) is 5.69 Å². The predicted molar refractivity (Wildman–Crippen MR) is 85.4 cm³/mol. The molecule has 0 fully saturated rings. The van der Waals surface area contributed by atoms with Gasteiger partial charge in [0.15, 0.2) is 0 Å². The number of benzene rings is 2. The summed E-state index contributed by atoms with van der Waals surface area (Å²) in [6.45, 7) is 0.727. The number of hydrogen-bond donors (Lipinski definition) is 1. The van der Waals surface area contributed by atoms with Gasteiger partial charge in [-0.05, 0) is 23.8 Å². The standard InChI is InChI=1S/C15H16ClNO3S/c16-14-7-4-8-15(11-14)17(9-10-21(18,19)20)12-13-5-2-1-3-6-13/h1-8,11H,9-10,12H2,(H,18,19,20). The molecule has 0 atom stereocenters. The van der Waals surface area contributed by atoms with Gasteiger partial charge in [0.2, 0.25) is 0 Å². The monoisotopic (exact) mass is 325 g/mol. The lowest BCUT2D eigenvalue weighted by Crippen LogP contribution is -2.28. The van der Waals surface area contributed by atoms with E-state index in [0.717, 1.165) is 11.3 Å². The van der Waals surface area contributed by atoms with Crippen LogP contribution in [-0.2, 0) is 16.7 Å². The van der Waals surface area contributed by atoms with Gasteiger partial charge in [0.05, 0.1) is 5.75 Å². The average Bonchev–Trinajstić information content (AvgIpc) is 2.43. The van der Waals surface area contributed by atoms with Crippen molar-refractivity contribution in [3.63, 3.8) is 0 Å². The van der Waals surface area contributed by atoms with Crippen LogP contribution in [0.3, 0.4) is 0 Å². The Labute approximate surface area is 129 Å². The van der Waals surface area contributed by atoms with Gasteiger partial charge in [0, 0.05) is 23.8 Å². The minimum atomic E-state index is -4.00. The van der Waals surface area contributed by atoms with E-state index < -0.39 is 10.1 Å². The molecule has 1 N–H and O–H groups in total. The second-order valence-corrected chi connectivity index (χ2v) is 6.68. The van der Waals surface area contributed by atoms with E-state index in [4.69, 9.17) is 16.2 Å². The number of nitrogens with zero attached hydrogens (tertiary/aromatic N) is 1. The van der Waals surface area contributed by atoms with Gasteiger partial charge in [-0.25, -0.2) is 0 Å². The van der Waals surface area contributed by atoms with Crippen molar-refractivity contribution in [2.75, 3.05) is 17.2 Å². The number of halogens is 1. The van der Waals surface area contributed by atoms with Crippen LogP contribution in [0.25, 0.3) is 0 Å². The van der Waals surface area contributed by atoms with Gasteiger partial charge in [-0.1, -0.05) is 48.0 Å². The summed E-state index contributed by atoms with van der Waals surface area (Å²) in [4.78, 5) is 1.87. The Morgan fingerprint density at radius 1 is 1.05 bits per heavy atom. The lowest BCUT2D eigenvalue weighted by molar-refractivity contribution is 0.482. The third kappa shape index (κ3) is 5.38. The van der Waals surface area contributed by atoms with Gasteiger partial charge in [0.1, 0.15) is 0 Å². The average molecular weight is 326 g/mol. The predicted octanol–water partition coefficient (Wildman–Crippen LogP) is 3.23. The van der Waals surface area contributed by atoms with Crippen LogP contribution in [0.5, 0.6) is 0 Å². The Hall–Kier alpha value is -1.56. The maximum atomic E-state index is 11.0. The summed E-state index contributed by atoms with van der Waals surface area (Å²) >= 11 is 5.99. The van der Waals surface area contributed by atoms with Crippen LogP contribution in [0.2, 0.25) is 5.02 Å². The molecule has 6 heteroatoms. The van der Waals surface area contributed by atoms with Crippen molar-refractivity contribution in [1.29, 1.82) is 0 Å². The molecule has 0 bridgehead atoms. The highest BCUT2D eigenvalue weighted by atomic mass is 35.5. The Balaban J connectivity index is 2.21. The molecule has 0 aliphatic rings. The molecule has 0 saturated heterocycles. The van der Waals surface area contributed by atoms with E-state index in [1.54, 1.807) is 12.1 Å². The summed E-state index contributed by atoms with van der Waals surface area (Å²) in [6.07, 6.45) is 0. The van der Waals surface area contributed by atoms with Crippen molar-refractivity contribution in [2.45, 2.75) is 6.54 Å². The first-order valence-corrected chi connectivity index (χ1v) is 8.42. The molecule has 21 heavy (non-hydrogen) atoms. The smallest absolute Gasteiger partial charge is 0.266 e.